The Balaban J connectivity index is 1.83. The Hall–Kier alpha value is -1.42. The molecule has 4 heteroatoms. The van der Waals surface area contributed by atoms with Crippen LogP contribution >= 0.6 is 12.2 Å². The van der Waals surface area contributed by atoms with Crippen LogP contribution < -0.4 is 5.32 Å². The van der Waals surface area contributed by atoms with Gasteiger partial charge in [0, 0.05) is 19.6 Å². The minimum atomic E-state index is -0.134. The molecule has 1 aliphatic heterocycles. The highest BCUT2D eigenvalue weighted by Crippen LogP contribution is 2.08. The highest BCUT2D eigenvalue weighted by atomic mass is 32.1. The highest BCUT2D eigenvalue weighted by Gasteiger charge is 2.20. The molecule has 90 valence electrons. The SMILES string of the molecule is O=C(NCc1ccccc1)C(=S)N1CCCC1. The minimum Gasteiger partial charge on any atom is -0.358 e. The van der Waals surface area contributed by atoms with Gasteiger partial charge >= 0.3 is 0 Å². The van der Waals surface area contributed by atoms with Crippen LogP contribution in [-0.2, 0) is 11.3 Å². The molecule has 0 radical (unpaired) electrons. The molecule has 1 saturated heterocycles. The van der Waals surface area contributed by atoms with Crippen molar-refractivity contribution in [2.24, 2.45) is 0 Å². The van der Waals surface area contributed by atoms with Crippen molar-refractivity contribution in [1.82, 2.24) is 10.2 Å². The van der Waals surface area contributed by atoms with Gasteiger partial charge in [-0.3, -0.25) is 4.79 Å². The number of carbonyl (C=O) groups excluding carboxylic acids is 1. The summed E-state index contributed by atoms with van der Waals surface area (Å²) in [7, 11) is 0. The summed E-state index contributed by atoms with van der Waals surface area (Å²) in [5, 5.41) is 2.85. The molecule has 1 N–H and O–H groups in total. The summed E-state index contributed by atoms with van der Waals surface area (Å²) in [6.45, 7) is 2.36. The third-order valence-corrected chi connectivity index (χ3v) is 3.33. The first-order valence-electron chi connectivity index (χ1n) is 5.88. The third kappa shape index (κ3) is 3.27. The lowest BCUT2D eigenvalue weighted by Gasteiger charge is -2.17. The summed E-state index contributed by atoms with van der Waals surface area (Å²) in [4.78, 5) is 14.2. The number of benzene rings is 1. The first-order chi connectivity index (χ1) is 8.27. The maximum absolute atomic E-state index is 11.8. The molecule has 2 rings (SSSR count). The first-order valence-corrected chi connectivity index (χ1v) is 6.29. The van der Waals surface area contributed by atoms with Crippen molar-refractivity contribution >= 4 is 23.1 Å². The van der Waals surface area contributed by atoms with Gasteiger partial charge in [0.15, 0.2) is 4.99 Å². The van der Waals surface area contributed by atoms with Gasteiger partial charge in [0.2, 0.25) is 0 Å². The Morgan fingerprint density at radius 3 is 2.53 bits per heavy atom. The van der Waals surface area contributed by atoms with E-state index in [9.17, 15) is 4.79 Å². The Morgan fingerprint density at radius 1 is 1.24 bits per heavy atom. The average molecular weight is 248 g/mol. The van der Waals surface area contributed by atoms with Gasteiger partial charge in [-0.1, -0.05) is 42.5 Å². The zero-order valence-corrected chi connectivity index (χ0v) is 10.5. The second kappa shape index (κ2) is 5.77. The second-order valence-electron chi connectivity index (χ2n) is 4.17. The zero-order chi connectivity index (χ0) is 12.1. The van der Waals surface area contributed by atoms with Crippen LogP contribution in [0, 0.1) is 0 Å². The number of thiocarbonyl (C=S) groups is 1. The van der Waals surface area contributed by atoms with Crippen LogP contribution in [-0.4, -0.2) is 28.9 Å². The second-order valence-corrected chi connectivity index (χ2v) is 4.55. The van der Waals surface area contributed by atoms with Crippen LogP contribution in [0.3, 0.4) is 0 Å². The van der Waals surface area contributed by atoms with E-state index < -0.39 is 0 Å². The largest absolute Gasteiger partial charge is 0.358 e. The van der Waals surface area contributed by atoms with Crippen LogP contribution in [0.5, 0.6) is 0 Å². The number of hydrogen-bond donors (Lipinski definition) is 1. The number of nitrogens with one attached hydrogen (secondary N) is 1. The summed E-state index contributed by atoms with van der Waals surface area (Å²) < 4.78 is 0. The van der Waals surface area contributed by atoms with Gasteiger partial charge in [0.25, 0.3) is 5.91 Å². The van der Waals surface area contributed by atoms with E-state index in [-0.39, 0.29) is 5.91 Å². The number of hydrogen-bond acceptors (Lipinski definition) is 2. The number of nitrogens with zero attached hydrogens (tertiary/aromatic N) is 1. The Bertz CT molecular complexity index is 399. The number of likely N-dealkylation sites (tertiary alicyclic amines) is 1. The highest BCUT2D eigenvalue weighted by molar-refractivity contribution is 7.82. The normalized spacial score (nSPS) is 14.7. The first kappa shape index (κ1) is 12.0. The van der Waals surface area contributed by atoms with Gasteiger partial charge in [-0.15, -0.1) is 0 Å². The maximum Gasteiger partial charge on any atom is 0.279 e. The summed E-state index contributed by atoms with van der Waals surface area (Å²) in [5.74, 6) is -0.134. The smallest absolute Gasteiger partial charge is 0.279 e. The third-order valence-electron chi connectivity index (χ3n) is 2.88. The van der Waals surface area contributed by atoms with Crippen LogP contribution in [0.4, 0.5) is 0 Å². The van der Waals surface area contributed by atoms with E-state index >= 15 is 0 Å². The molecule has 0 aliphatic carbocycles. The van der Waals surface area contributed by atoms with E-state index in [1.165, 1.54) is 0 Å². The molecular weight excluding hydrogens is 232 g/mol. The lowest BCUT2D eigenvalue weighted by Crippen LogP contribution is -2.39. The quantitative estimate of drug-likeness (QED) is 0.809. The molecule has 3 nitrogen and oxygen atoms in total. The Morgan fingerprint density at radius 2 is 1.88 bits per heavy atom. The maximum atomic E-state index is 11.8. The standard InChI is InChI=1S/C13H16N2OS/c16-12(13(17)15-8-4-5-9-15)14-10-11-6-2-1-3-7-11/h1-3,6-7H,4-5,8-10H2,(H,14,16). The summed E-state index contributed by atoms with van der Waals surface area (Å²) in [5.41, 5.74) is 1.09. The molecule has 1 amide bonds. The predicted molar refractivity (Wildman–Crippen MR) is 71.7 cm³/mol. The molecule has 17 heavy (non-hydrogen) atoms. The lowest BCUT2D eigenvalue weighted by molar-refractivity contribution is -0.115. The topological polar surface area (TPSA) is 32.3 Å². The van der Waals surface area contributed by atoms with E-state index in [2.05, 4.69) is 5.32 Å². The molecule has 0 spiro atoms. The molecule has 0 atom stereocenters. The molecule has 1 aliphatic rings. The molecule has 0 bridgehead atoms. The van der Waals surface area contributed by atoms with E-state index in [1.807, 2.05) is 35.2 Å². The van der Waals surface area contributed by atoms with Crippen molar-refractivity contribution in [3.63, 3.8) is 0 Å². The van der Waals surface area contributed by atoms with Gasteiger partial charge in [-0.05, 0) is 18.4 Å². The van der Waals surface area contributed by atoms with E-state index in [4.69, 9.17) is 12.2 Å². The van der Waals surface area contributed by atoms with Crippen molar-refractivity contribution < 1.29 is 4.79 Å². The van der Waals surface area contributed by atoms with Gasteiger partial charge in [-0.2, -0.15) is 0 Å². The molecule has 1 aromatic rings. The monoisotopic (exact) mass is 248 g/mol. The van der Waals surface area contributed by atoms with Crippen molar-refractivity contribution in [2.75, 3.05) is 13.1 Å². The van der Waals surface area contributed by atoms with Crippen molar-refractivity contribution in [3.05, 3.63) is 35.9 Å². The molecule has 1 heterocycles. The van der Waals surface area contributed by atoms with Crippen LogP contribution in [0.25, 0.3) is 0 Å². The molecule has 0 unspecified atom stereocenters. The summed E-state index contributed by atoms with van der Waals surface area (Å²) in [6, 6.07) is 9.85. The summed E-state index contributed by atoms with van der Waals surface area (Å²) in [6.07, 6.45) is 2.26. The Labute approximate surface area is 107 Å². The number of amides is 1. The predicted octanol–water partition coefficient (Wildman–Crippen LogP) is 1.73. The lowest BCUT2D eigenvalue weighted by atomic mass is 10.2. The minimum absolute atomic E-state index is 0.134. The fraction of sp³-hybridized carbons (Fsp3) is 0.385. The van der Waals surface area contributed by atoms with Crippen molar-refractivity contribution in [1.29, 1.82) is 0 Å². The average Bonchev–Trinajstić information content (AvgIpc) is 2.90. The Kier molecular flexibility index (Phi) is 4.09. The summed E-state index contributed by atoms with van der Waals surface area (Å²) >= 11 is 5.17. The zero-order valence-electron chi connectivity index (χ0n) is 9.69. The van der Waals surface area contributed by atoms with Crippen LogP contribution in [0.2, 0.25) is 0 Å². The van der Waals surface area contributed by atoms with Crippen molar-refractivity contribution in [3.8, 4) is 0 Å². The van der Waals surface area contributed by atoms with Gasteiger partial charge in [-0.25, -0.2) is 0 Å². The molecular formula is C13H16N2OS. The van der Waals surface area contributed by atoms with Crippen molar-refractivity contribution in [2.45, 2.75) is 19.4 Å². The van der Waals surface area contributed by atoms with Crippen LogP contribution in [0.1, 0.15) is 18.4 Å². The van der Waals surface area contributed by atoms with E-state index in [0.29, 0.717) is 11.5 Å². The number of rotatable bonds is 2. The molecule has 0 aromatic heterocycles. The van der Waals surface area contributed by atoms with Gasteiger partial charge in [0.1, 0.15) is 0 Å². The fourth-order valence-corrected chi connectivity index (χ4v) is 2.17. The molecule has 1 aromatic carbocycles. The van der Waals surface area contributed by atoms with E-state index in [1.54, 1.807) is 0 Å². The van der Waals surface area contributed by atoms with Gasteiger partial charge < -0.3 is 10.2 Å². The number of carbonyl (C=O) groups is 1. The molecule has 0 saturated carbocycles. The fourth-order valence-electron chi connectivity index (χ4n) is 1.92. The van der Waals surface area contributed by atoms with Gasteiger partial charge in [0.05, 0.1) is 0 Å². The van der Waals surface area contributed by atoms with Crippen LogP contribution in [0.15, 0.2) is 30.3 Å². The molecule has 1 fully saturated rings. The van der Waals surface area contributed by atoms with E-state index in [0.717, 1.165) is 31.5 Å².